The molecule has 0 bridgehead atoms. The van der Waals surface area contributed by atoms with Gasteiger partial charge in [0.2, 0.25) is 0 Å². The minimum absolute atomic E-state index is 0.00760. The Morgan fingerprint density at radius 2 is 0.906 bits per heavy atom. The number of para-hydroxylation sites is 2. The summed E-state index contributed by atoms with van der Waals surface area (Å²) in [6, 6.07) is 73.6. The molecule has 0 atom stereocenters. The number of nitrogens with zero attached hydrogens (tertiary/aromatic N) is 1. The third kappa shape index (κ3) is 6.73. The highest BCUT2D eigenvalue weighted by Crippen LogP contribution is 2.49. The Labute approximate surface area is 376 Å². The third-order valence-corrected chi connectivity index (χ3v) is 13.2. The van der Waals surface area contributed by atoms with E-state index in [1.807, 2.05) is 6.07 Å². The van der Waals surface area contributed by atoms with Crippen molar-refractivity contribution in [2.75, 3.05) is 4.90 Å². The smallest absolute Gasteiger partial charge is 0.137 e. The lowest BCUT2D eigenvalue weighted by atomic mass is 9.78. The summed E-state index contributed by atoms with van der Waals surface area (Å²) in [5.74, 6) is 0. The van der Waals surface area contributed by atoms with Crippen LogP contribution in [0, 0.1) is 0 Å². The Morgan fingerprint density at radius 3 is 1.67 bits per heavy atom. The number of furan rings is 1. The molecular weight excluding hydrogens is 775 g/mol. The van der Waals surface area contributed by atoms with E-state index in [1.54, 1.807) is 0 Å². The highest BCUT2D eigenvalue weighted by atomic mass is 16.3. The first-order valence-corrected chi connectivity index (χ1v) is 22.5. The number of benzene rings is 10. The zero-order valence-corrected chi connectivity index (χ0v) is 37.4. The fourth-order valence-electron chi connectivity index (χ4n) is 9.78. The average Bonchev–Trinajstić information content (AvgIpc) is 3.70. The van der Waals surface area contributed by atoms with E-state index in [4.69, 9.17) is 4.42 Å². The summed E-state index contributed by atoms with van der Waals surface area (Å²) in [5, 5.41) is 9.68. The van der Waals surface area contributed by atoms with Crippen LogP contribution < -0.4 is 4.90 Å². The van der Waals surface area contributed by atoms with E-state index in [-0.39, 0.29) is 10.8 Å². The van der Waals surface area contributed by atoms with Crippen molar-refractivity contribution in [1.29, 1.82) is 0 Å². The number of rotatable bonds is 6. The van der Waals surface area contributed by atoms with Crippen LogP contribution >= 0.6 is 0 Å². The van der Waals surface area contributed by atoms with Crippen molar-refractivity contribution in [2.45, 2.75) is 52.4 Å². The summed E-state index contributed by atoms with van der Waals surface area (Å²) >= 11 is 0. The van der Waals surface area contributed by atoms with Crippen LogP contribution in [0.25, 0.3) is 87.6 Å². The number of hydrogen-bond acceptors (Lipinski definition) is 2. The van der Waals surface area contributed by atoms with Crippen molar-refractivity contribution in [1.82, 2.24) is 0 Å². The second-order valence-electron chi connectivity index (χ2n) is 19.3. The van der Waals surface area contributed by atoms with E-state index in [1.165, 1.54) is 71.3 Å². The SMILES string of the molecule is CC(C)(C)c1cc(-c2cccc3cccc(-c4ccccc4N(c4ccc(-c5cccc6c5ccc5ccccc56)cc4)c4cccc5oc6ccccc6c45)c23)cc(C(C)(C)C)c1. The Bertz CT molecular complexity index is 3540. The van der Waals surface area contributed by atoms with Gasteiger partial charge in [-0.1, -0.05) is 205 Å². The quantitative estimate of drug-likeness (QED) is 0.155. The van der Waals surface area contributed by atoms with Gasteiger partial charge in [0, 0.05) is 16.6 Å². The fraction of sp³-hybridized carbons (Fsp3) is 0.129. The molecule has 0 spiro atoms. The van der Waals surface area contributed by atoms with Crippen LogP contribution in [0.2, 0.25) is 0 Å². The normalized spacial score (nSPS) is 12.2. The van der Waals surface area contributed by atoms with Crippen molar-refractivity contribution in [3.8, 4) is 33.4 Å². The molecule has 0 fully saturated rings. The first kappa shape index (κ1) is 39.4. The van der Waals surface area contributed by atoms with Crippen LogP contribution in [0.15, 0.2) is 205 Å². The number of fused-ring (bicyclic) bond motifs is 7. The third-order valence-electron chi connectivity index (χ3n) is 13.2. The van der Waals surface area contributed by atoms with Crippen molar-refractivity contribution >= 4 is 71.3 Å². The molecule has 0 saturated carbocycles. The Balaban J connectivity index is 1.14. The Kier molecular flexibility index (Phi) is 9.33. The fourth-order valence-corrected chi connectivity index (χ4v) is 9.78. The van der Waals surface area contributed by atoms with E-state index in [2.05, 4.69) is 241 Å². The second kappa shape index (κ2) is 15.1. The van der Waals surface area contributed by atoms with Gasteiger partial charge < -0.3 is 9.32 Å². The van der Waals surface area contributed by atoms with Crippen molar-refractivity contribution in [3.63, 3.8) is 0 Å². The van der Waals surface area contributed by atoms with Crippen molar-refractivity contribution in [3.05, 3.63) is 211 Å². The molecule has 10 aromatic carbocycles. The van der Waals surface area contributed by atoms with Crippen LogP contribution in [-0.2, 0) is 10.8 Å². The molecule has 0 aliphatic heterocycles. The second-order valence-corrected chi connectivity index (χ2v) is 19.3. The van der Waals surface area contributed by atoms with Gasteiger partial charge in [0.1, 0.15) is 11.2 Å². The topological polar surface area (TPSA) is 16.4 Å². The summed E-state index contributed by atoms with van der Waals surface area (Å²) < 4.78 is 6.54. The average molecular weight is 826 g/mol. The predicted molar refractivity (Wildman–Crippen MR) is 275 cm³/mol. The lowest BCUT2D eigenvalue weighted by Crippen LogP contribution is -2.16. The summed E-state index contributed by atoms with van der Waals surface area (Å²) in [6.45, 7) is 13.9. The van der Waals surface area contributed by atoms with Gasteiger partial charge in [-0.25, -0.2) is 0 Å². The van der Waals surface area contributed by atoms with Gasteiger partial charge in [-0.05, 0) is 118 Å². The van der Waals surface area contributed by atoms with Crippen molar-refractivity contribution in [2.24, 2.45) is 0 Å². The number of hydrogen-bond donors (Lipinski definition) is 0. The van der Waals surface area contributed by atoms with Crippen LogP contribution in [0.3, 0.4) is 0 Å². The van der Waals surface area contributed by atoms with Gasteiger partial charge in [0.05, 0.1) is 16.8 Å². The molecule has 1 heterocycles. The first-order valence-electron chi connectivity index (χ1n) is 22.5. The molecule has 11 aromatic rings. The van der Waals surface area contributed by atoms with E-state index in [9.17, 15) is 0 Å². The summed E-state index contributed by atoms with van der Waals surface area (Å²) in [5.41, 5.74) is 14.9. The minimum atomic E-state index is -0.00760. The van der Waals surface area contributed by atoms with Gasteiger partial charge in [-0.3, -0.25) is 0 Å². The molecule has 0 aliphatic carbocycles. The molecule has 0 unspecified atom stereocenters. The van der Waals surface area contributed by atoms with Crippen LogP contribution in [0.5, 0.6) is 0 Å². The molecule has 0 saturated heterocycles. The molecular formula is C62H51NO. The highest BCUT2D eigenvalue weighted by molar-refractivity contribution is 6.16. The zero-order chi connectivity index (χ0) is 43.7. The molecule has 0 amide bonds. The van der Waals surface area contributed by atoms with Gasteiger partial charge in [-0.2, -0.15) is 0 Å². The lowest BCUT2D eigenvalue weighted by molar-refractivity contribution is 0.569. The van der Waals surface area contributed by atoms with Gasteiger partial charge >= 0.3 is 0 Å². The predicted octanol–water partition coefficient (Wildman–Crippen LogP) is 18.1. The first-order chi connectivity index (χ1) is 31.0. The van der Waals surface area contributed by atoms with Gasteiger partial charge in [-0.15, -0.1) is 0 Å². The molecule has 0 aliphatic rings. The largest absolute Gasteiger partial charge is 0.456 e. The minimum Gasteiger partial charge on any atom is -0.456 e. The molecule has 0 N–H and O–H groups in total. The monoisotopic (exact) mass is 825 g/mol. The molecule has 310 valence electrons. The van der Waals surface area contributed by atoms with Crippen LogP contribution in [-0.4, -0.2) is 0 Å². The Morgan fingerprint density at radius 1 is 0.344 bits per heavy atom. The molecule has 11 rings (SSSR count). The maximum absolute atomic E-state index is 6.54. The van der Waals surface area contributed by atoms with Crippen molar-refractivity contribution < 1.29 is 4.42 Å². The molecule has 2 heteroatoms. The molecule has 64 heavy (non-hydrogen) atoms. The maximum atomic E-state index is 6.54. The van der Waals surface area contributed by atoms with Crippen LogP contribution in [0.1, 0.15) is 52.7 Å². The maximum Gasteiger partial charge on any atom is 0.137 e. The van der Waals surface area contributed by atoms with Crippen LogP contribution in [0.4, 0.5) is 17.1 Å². The summed E-state index contributed by atoms with van der Waals surface area (Å²) in [6.07, 6.45) is 0. The lowest BCUT2D eigenvalue weighted by Gasteiger charge is -2.29. The molecule has 0 radical (unpaired) electrons. The molecule has 2 nitrogen and oxygen atoms in total. The standard InChI is InChI=1S/C62H51NO/c1-61(2,3)44-37-43(38-45(39-44)62(4,5)6)49-24-13-18-42-19-14-26-53(59(42)49)52-21-9-11-27-55(52)63(56-28-16-30-58-60(56)54-22-10-12-29-57(54)64-58)46-34-31-41(32-35-46)48-23-15-25-50-47-20-8-7-17-40(47)33-36-51(48)50/h7-39H,1-6H3. The Hall–Kier alpha value is -7.42. The zero-order valence-electron chi connectivity index (χ0n) is 37.4. The van der Waals surface area contributed by atoms with Gasteiger partial charge in [0.25, 0.3) is 0 Å². The summed E-state index contributed by atoms with van der Waals surface area (Å²) in [4.78, 5) is 2.44. The van der Waals surface area contributed by atoms with Gasteiger partial charge in [0.15, 0.2) is 0 Å². The summed E-state index contributed by atoms with van der Waals surface area (Å²) in [7, 11) is 0. The van der Waals surface area contributed by atoms with E-state index >= 15 is 0 Å². The van der Waals surface area contributed by atoms with E-state index in [0.717, 1.165) is 44.6 Å². The number of anilines is 3. The van der Waals surface area contributed by atoms with E-state index in [0.29, 0.717) is 0 Å². The highest BCUT2D eigenvalue weighted by Gasteiger charge is 2.25. The molecule has 1 aromatic heterocycles. The van der Waals surface area contributed by atoms with E-state index < -0.39 is 0 Å².